The molecule has 0 bridgehead atoms. The first-order valence-corrected chi connectivity index (χ1v) is 3.02. The summed E-state index contributed by atoms with van der Waals surface area (Å²) in [4.78, 5) is 0. The number of hydrogen-bond donors (Lipinski definition) is 1. The molecule has 50 valence electrons. The Morgan fingerprint density at radius 2 is 2.22 bits per heavy atom. The van der Waals surface area contributed by atoms with Gasteiger partial charge in [-0.1, -0.05) is 0 Å². The molecule has 3 heteroatoms. The zero-order chi connectivity index (χ0) is 6.85. The molecule has 0 saturated carbocycles. The van der Waals surface area contributed by atoms with Crippen LogP contribution in [-0.4, -0.2) is 9.13 Å². The van der Waals surface area contributed by atoms with E-state index in [1.807, 2.05) is 30.9 Å². The fourth-order valence-electron chi connectivity index (χ4n) is 0.779. The van der Waals surface area contributed by atoms with Crippen molar-refractivity contribution >= 4 is 0 Å². The van der Waals surface area contributed by atoms with Gasteiger partial charge in [-0.3, -0.25) is 5.41 Å². The monoisotopic (exact) mass is 125 g/mol. The minimum atomic E-state index is 0.553. The molecule has 0 saturated heterocycles. The second-order valence-electron chi connectivity index (χ2n) is 2.02. The highest BCUT2D eigenvalue weighted by Gasteiger charge is 1.89. The Labute approximate surface area is 54.1 Å². The van der Waals surface area contributed by atoms with Gasteiger partial charge in [0.1, 0.15) is 0 Å². The van der Waals surface area contributed by atoms with Crippen molar-refractivity contribution in [1.29, 1.82) is 5.41 Å². The number of nitrogens with zero attached hydrogens (tertiary/aromatic N) is 2. The van der Waals surface area contributed by atoms with Crippen molar-refractivity contribution in [3.63, 3.8) is 0 Å². The Bertz CT molecular complexity index is 243. The maximum Gasteiger partial charge on any atom is 0.201 e. The Morgan fingerprint density at radius 1 is 1.56 bits per heavy atom. The van der Waals surface area contributed by atoms with Crippen LogP contribution in [0.2, 0.25) is 0 Å². The molecule has 1 aromatic heterocycles. The third kappa shape index (κ3) is 0.896. The molecule has 0 aliphatic carbocycles. The standard InChI is InChI=1S/C6H11N3/c1-3-9-5-4-8(2)6(9)7/h4-5,7H,3H2,1-2H3. The van der Waals surface area contributed by atoms with Gasteiger partial charge in [-0.05, 0) is 6.92 Å². The Hall–Kier alpha value is -0.990. The number of nitrogens with one attached hydrogen (secondary N) is 1. The largest absolute Gasteiger partial charge is 0.321 e. The van der Waals surface area contributed by atoms with E-state index in [1.54, 1.807) is 4.57 Å². The zero-order valence-corrected chi connectivity index (χ0v) is 5.76. The molecule has 9 heavy (non-hydrogen) atoms. The second-order valence-corrected chi connectivity index (χ2v) is 2.02. The van der Waals surface area contributed by atoms with Crippen LogP contribution >= 0.6 is 0 Å². The Morgan fingerprint density at radius 3 is 2.44 bits per heavy atom. The first-order chi connectivity index (χ1) is 4.25. The van der Waals surface area contributed by atoms with Crippen molar-refractivity contribution in [3.8, 4) is 0 Å². The topological polar surface area (TPSA) is 33.7 Å². The highest BCUT2D eigenvalue weighted by Crippen LogP contribution is 1.78. The molecule has 0 spiro atoms. The molecule has 1 N–H and O–H groups in total. The molecule has 0 fully saturated rings. The zero-order valence-electron chi connectivity index (χ0n) is 5.76. The van der Waals surface area contributed by atoms with Gasteiger partial charge in [0.15, 0.2) is 0 Å². The van der Waals surface area contributed by atoms with Crippen molar-refractivity contribution in [1.82, 2.24) is 9.13 Å². The predicted octanol–water partition coefficient (Wildman–Crippen LogP) is 0.326. The number of hydrogen-bond acceptors (Lipinski definition) is 1. The van der Waals surface area contributed by atoms with Gasteiger partial charge in [0.05, 0.1) is 0 Å². The normalized spacial score (nSPS) is 10.0. The molecule has 1 aromatic rings. The van der Waals surface area contributed by atoms with Crippen LogP contribution in [0.5, 0.6) is 0 Å². The number of rotatable bonds is 1. The SMILES string of the molecule is CCn1ccn(C)c1=N. The average molecular weight is 125 g/mol. The van der Waals surface area contributed by atoms with E-state index in [9.17, 15) is 0 Å². The lowest BCUT2D eigenvalue weighted by Crippen LogP contribution is -2.21. The minimum Gasteiger partial charge on any atom is -0.321 e. The van der Waals surface area contributed by atoms with Crippen LogP contribution in [0.4, 0.5) is 0 Å². The highest BCUT2D eigenvalue weighted by molar-refractivity contribution is 4.76. The fraction of sp³-hybridized carbons (Fsp3) is 0.500. The first-order valence-electron chi connectivity index (χ1n) is 3.02. The van der Waals surface area contributed by atoms with Crippen molar-refractivity contribution in [2.24, 2.45) is 7.05 Å². The molecule has 3 nitrogen and oxygen atoms in total. The van der Waals surface area contributed by atoms with E-state index in [0.29, 0.717) is 5.62 Å². The average Bonchev–Trinajstić information content (AvgIpc) is 2.15. The summed E-state index contributed by atoms with van der Waals surface area (Å²) in [6, 6.07) is 0. The molecule has 0 amide bonds. The van der Waals surface area contributed by atoms with Crippen molar-refractivity contribution < 1.29 is 0 Å². The van der Waals surface area contributed by atoms with E-state index < -0.39 is 0 Å². The smallest absolute Gasteiger partial charge is 0.201 e. The van der Waals surface area contributed by atoms with Crippen LogP contribution < -0.4 is 5.62 Å². The molecule has 1 heterocycles. The summed E-state index contributed by atoms with van der Waals surface area (Å²) >= 11 is 0. The van der Waals surface area contributed by atoms with Crippen LogP contribution in [0.1, 0.15) is 6.92 Å². The molecule has 0 unspecified atom stereocenters. The summed E-state index contributed by atoms with van der Waals surface area (Å²) in [5.41, 5.74) is 0.553. The van der Waals surface area contributed by atoms with Gasteiger partial charge in [-0.15, -0.1) is 0 Å². The maximum atomic E-state index is 7.40. The third-order valence-electron chi connectivity index (χ3n) is 1.42. The van der Waals surface area contributed by atoms with Crippen molar-refractivity contribution in [3.05, 3.63) is 18.0 Å². The van der Waals surface area contributed by atoms with E-state index >= 15 is 0 Å². The maximum absolute atomic E-state index is 7.40. The number of imidazole rings is 1. The van der Waals surface area contributed by atoms with Crippen molar-refractivity contribution in [2.45, 2.75) is 13.5 Å². The molecule has 0 atom stereocenters. The highest BCUT2D eigenvalue weighted by atomic mass is 15.1. The summed E-state index contributed by atoms with van der Waals surface area (Å²) in [5, 5.41) is 7.40. The van der Waals surface area contributed by atoms with E-state index in [1.165, 1.54) is 0 Å². The van der Waals surface area contributed by atoms with Crippen LogP contribution in [-0.2, 0) is 13.6 Å². The second kappa shape index (κ2) is 2.09. The van der Waals surface area contributed by atoms with Crippen LogP contribution in [0.3, 0.4) is 0 Å². The summed E-state index contributed by atoms with van der Waals surface area (Å²) in [6.45, 7) is 2.90. The molecule has 1 rings (SSSR count). The third-order valence-corrected chi connectivity index (χ3v) is 1.42. The van der Waals surface area contributed by atoms with Crippen LogP contribution in [0.25, 0.3) is 0 Å². The van der Waals surface area contributed by atoms with E-state index in [-0.39, 0.29) is 0 Å². The molecule has 0 aliphatic heterocycles. The lowest BCUT2D eigenvalue weighted by molar-refractivity contribution is 0.659. The van der Waals surface area contributed by atoms with Gasteiger partial charge in [-0.25, -0.2) is 0 Å². The molecule has 0 aliphatic rings. The molecular weight excluding hydrogens is 114 g/mol. The summed E-state index contributed by atoms with van der Waals surface area (Å²) < 4.78 is 3.66. The number of aromatic nitrogens is 2. The van der Waals surface area contributed by atoms with Gasteiger partial charge in [0.2, 0.25) is 5.62 Å². The summed E-state index contributed by atoms with van der Waals surface area (Å²) in [5.74, 6) is 0. The first kappa shape index (κ1) is 6.13. The van der Waals surface area contributed by atoms with E-state index in [4.69, 9.17) is 5.41 Å². The lowest BCUT2D eigenvalue weighted by atomic mass is 10.7. The van der Waals surface area contributed by atoms with Gasteiger partial charge in [0, 0.05) is 26.0 Å². The van der Waals surface area contributed by atoms with Gasteiger partial charge in [-0.2, -0.15) is 0 Å². The van der Waals surface area contributed by atoms with Gasteiger partial charge >= 0.3 is 0 Å². The fourth-order valence-corrected chi connectivity index (χ4v) is 0.779. The minimum absolute atomic E-state index is 0.553. The summed E-state index contributed by atoms with van der Waals surface area (Å²) in [7, 11) is 1.87. The summed E-state index contributed by atoms with van der Waals surface area (Å²) in [6.07, 6.45) is 3.79. The van der Waals surface area contributed by atoms with Crippen LogP contribution in [0.15, 0.2) is 12.4 Å². The van der Waals surface area contributed by atoms with Crippen LogP contribution in [0, 0.1) is 5.41 Å². The predicted molar refractivity (Wildman–Crippen MR) is 34.9 cm³/mol. The number of aryl methyl sites for hydroxylation is 2. The van der Waals surface area contributed by atoms with E-state index in [2.05, 4.69) is 0 Å². The van der Waals surface area contributed by atoms with E-state index in [0.717, 1.165) is 6.54 Å². The Kier molecular flexibility index (Phi) is 1.42. The Balaban J connectivity index is 3.20. The lowest BCUT2D eigenvalue weighted by Gasteiger charge is -1.92. The quantitative estimate of drug-likeness (QED) is 0.561. The molecule has 0 radical (unpaired) electrons. The molecule has 0 aromatic carbocycles. The molecular formula is C6H11N3. The van der Waals surface area contributed by atoms with Gasteiger partial charge in [0.25, 0.3) is 0 Å². The van der Waals surface area contributed by atoms with Gasteiger partial charge < -0.3 is 9.13 Å². The van der Waals surface area contributed by atoms with Crippen molar-refractivity contribution in [2.75, 3.05) is 0 Å².